The molecule has 0 unspecified atom stereocenters. The summed E-state index contributed by atoms with van der Waals surface area (Å²) in [5.41, 5.74) is 2.87. The maximum atomic E-state index is 5.97. The van der Waals surface area contributed by atoms with E-state index in [1.54, 1.807) is 0 Å². The van der Waals surface area contributed by atoms with Crippen molar-refractivity contribution in [3.8, 4) is 0 Å². The lowest BCUT2D eigenvalue weighted by Crippen LogP contribution is -2.23. The van der Waals surface area contributed by atoms with Gasteiger partial charge in [0, 0.05) is 18.8 Å². The third kappa shape index (κ3) is 2.65. The Labute approximate surface area is 113 Å². The van der Waals surface area contributed by atoms with Crippen molar-refractivity contribution in [2.24, 2.45) is 0 Å². The van der Waals surface area contributed by atoms with Crippen LogP contribution in [-0.4, -0.2) is 39.6 Å². The zero-order valence-corrected chi connectivity index (χ0v) is 11.9. The first-order valence-corrected chi connectivity index (χ1v) is 6.76. The van der Waals surface area contributed by atoms with E-state index in [2.05, 4.69) is 33.4 Å². The van der Waals surface area contributed by atoms with Gasteiger partial charge in [0.2, 0.25) is 0 Å². The highest BCUT2D eigenvalue weighted by Gasteiger charge is 2.11. The largest absolute Gasteiger partial charge is 0.310 e. The van der Waals surface area contributed by atoms with Gasteiger partial charge in [-0.05, 0) is 32.6 Å². The van der Waals surface area contributed by atoms with Crippen molar-refractivity contribution in [3.63, 3.8) is 0 Å². The van der Waals surface area contributed by atoms with Crippen LogP contribution in [0, 0.1) is 6.92 Å². The van der Waals surface area contributed by atoms with Crippen molar-refractivity contribution in [1.29, 1.82) is 0 Å². The topological polar surface area (TPSA) is 34.0 Å². The highest BCUT2D eigenvalue weighted by atomic mass is 35.5. The Bertz CT molecular complexity index is 535. The Morgan fingerprint density at radius 1 is 1.33 bits per heavy atom. The maximum absolute atomic E-state index is 5.97. The average Bonchev–Trinajstić information content (AvgIpc) is 2.73. The van der Waals surface area contributed by atoms with Crippen LogP contribution in [-0.2, 0) is 12.4 Å². The molecule has 2 heterocycles. The van der Waals surface area contributed by atoms with Crippen LogP contribution in [0.5, 0.6) is 0 Å². The summed E-state index contributed by atoms with van der Waals surface area (Å²) in [6, 6.07) is 3.99. The van der Waals surface area contributed by atoms with Gasteiger partial charge in [-0.15, -0.1) is 11.6 Å². The summed E-state index contributed by atoms with van der Waals surface area (Å²) < 4.78 is 2.13. The van der Waals surface area contributed by atoms with Crippen molar-refractivity contribution in [2.75, 3.05) is 20.1 Å². The Morgan fingerprint density at radius 3 is 2.78 bits per heavy atom. The molecule has 0 saturated carbocycles. The minimum absolute atomic E-state index is 0.422. The monoisotopic (exact) mass is 266 g/mol. The number of imidazole rings is 1. The molecule has 2 aromatic heterocycles. The summed E-state index contributed by atoms with van der Waals surface area (Å²) in [5, 5.41) is 0. The fraction of sp³-hybridized carbons (Fsp3) is 0.538. The van der Waals surface area contributed by atoms with E-state index in [1.807, 2.05) is 19.1 Å². The van der Waals surface area contributed by atoms with Gasteiger partial charge in [0.05, 0.1) is 5.88 Å². The Hall–Kier alpha value is -1.13. The number of hydrogen-bond donors (Lipinski definition) is 0. The van der Waals surface area contributed by atoms with Crippen LogP contribution in [0.15, 0.2) is 12.1 Å². The molecule has 2 rings (SSSR count). The van der Waals surface area contributed by atoms with Crippen LogP contribution in [0.4, 0.5) is 0 Å². The van der Waals surface area contributed by atoms with Crippen molar-refractivity contribution in [1.82, 2.24) is 19.4 Å². The van der Waals surface area contributed by atoms with Crippen LogP contribution in [0.1, 0.15) is 18.4 Å². The highest BCUT2D eigenvalue weighted by molar-refractivity contribution is 6.16. The Kier molecular flexibility index (Phi) is 4.19. The van der Waals surface area contributed by atoms with Crippen molar-refractivity contribution >= 4 is 22.8 Å². The molecule has 0 aliphatic carbocycles. The highest BCUT2D eigenvalue weighted by Crippen LogP contribution is 2.16. The number of fused-ring (bicyclic) bond motifs is 1. The van der Waals surface area contributed by atoms with Crippen molar-refractivity contribution in [2.45, 2.75) is 26.3 Å². The fourth-order valence-corrected chi connectivity index (χ4v) is 2.11. The molecule has 0 aromatic carbocycles. The van der Waals surface area contributed by atoms with Gasteiger partial charge in [0.15, 0.2) is 5.65 Å². The molecule has 0 saturated heterocycles. The summed E-state index contributed by atoms with van der Waals surface area (Å²) in [6.07, 6.45) is 0. The van der Waals surface area contributed by atoms with E-state index in [4.69, 9.17) is 11.6 Å². The maximum Gasteiger partial charge on any atom is 0.160 e. The molecule has 0 bridgehead atoms. The summed E-state index contributed by atoms with van der Waals surface area (Å²) in [5.74, 6) is 1.32. The third-order valence-electron chi connectivity index (χ3n) is 3.18. The van der Waals surface area contributed by atoms with E-state index in [-0.39, 0.29) is 0 Å². The van der Waals surface area contributed by atoms with E-state index in [1.165, 1.54) is 0 Å². The molecular weight excluding hydrogens is 248 g/mol. The Balaban J connectivity index is 2.36. The minimum atomic E-state index is 0.422. The van der Waals surface area contributed by atoms with Crippen LogP contribution < -0.4 is 0 Å². The van der Waals surface area contributed by atoms with Gasteiger partial charge in [-0.1, -0.05) is 6.92 Å². The molecule has 2 aromatic rings. The van der Waals surface area contributed by atoms with Gasteiger partial charge in [-0.2, -0.15) is 0 Å². The van der Waals surface area contributed by atoms with Gasteiger partial charge in [-0.25, -0.2) is 9.97 Å². The minimum Gasteiger partial charge on any atom is -0.310 e. The smallest absolute Gasteiger partial charge is 0.160 e. The molecule has 98 valence electrons. The van der Waals surface area contributed by atoms with Crippen LogP contribution in [0.25, 0.3) is 11.2 Å². The second kappa shape index (κ2) is 5.67. The molecule has 0 aliphatic rings. The number of aromatic nitrogens is 3. The zero-order valence-electron chi connectivity index (χ0n) is 11.1. The van der Waals surface area contributed by atoms with Gasteiger partial charge in [0.1, 0.15) is 11.3 Å². The second-order valence-electron chi connectivity index (χ2n) is 4.50. The normalized spacial score (nSPS) is 11.6. The predicted octanol–water partition coefficient (Wildman–Crippen LogP) is 2.43. The summed E-state index contributed by atoms with van der Waals surface area (Å²) in [4.78, 5) is 11.4. The fourth-order valence-electron chi connectivity index (χ4n) is 1.91. The molecule has 0 fully saturated rings. The number of aryl methyl sites for hydroxylation is 1. The molecule has 0 spiro atoms. The predicted molar refractivity (Wildman–Crippen MR) is 75.0 cm³/mol. The first-order valence-electron chi connectivity index (χ1n) is 6.23. The Morgan fingerprint density at radius 2 is 2.11 bits per heavy atom. The van der Waals surface area contributed by atoms with Crippen molar-refractivity contribution < 1.29 is 0 Å². The second-order valence-corrected chi connectivity index (χ2v) is 4.77. The first kappa shape index (κ1) is 13.3. The molecule has 0 amide bonds. The summed E-state index contributed by atoms with van der Waals surface area (Å²) in [6.45, 7) is 7.03. The van der Waals surface area contributed by atoms with E-state index in [0.29, 0.717) is 5.88 Å². The third-order valence-corrected chi connectivity index (χ3v) is 3.41. The van der Waals surface area contributed by atoms with E-state index in [9.17, 15) is 0 Å². The van der Waals surface area contributed by atoms with E-state index in [0.717, 1.165) is 42.3 Å². The number of likely N-dealkylation sites (N-methyl/N-ethyl adjacent to an activating group) is 1. The van der Waals surface area contributed by atoms with Gasteiger partial charge >= 0.3 is 0 Å². The van der Waals surface area contributed by atoms with E-state index >= 15 is 0 Å². The zero-order chi connectivity index (χ0) is 13.1. The molecular formula is C13H19ClN4. The molecule has 0 aliphatic heterocycles. The molecule has 0 atom stereocenters. The molecule has 0 radical (unpaired) electrons. The number of halogens is 1. The number of pyridine rings is 1. The lowest BCUT2D eigenvalue weighted by atomic mass is 10.3. The molecule has 0 N–H and O–H groups in total. The SMILES string of the molecule is CCN(C)CCn1c(CCl)nc2ccc(C)nc21. The number of alkyl halides is 1. The summed E-state index contributed by atoms with van der Waals surface area (Å²) >= 11 is 5.97. The lowest BCUT2D eigenvalue weighted by molar-refractivity contribution is 0.335. The number of rotatable bonds is 5. The molecule has 5 heteroatoms. The van der Waals surface area contributed by atoms with Gasteiger partial charge in [-0.3, -0.25) is 0 Å². The number of hydrogen-bond acceptors (Lipinski definition) is 3. The average molecular weight is 267 g/mol. The van der Waals surface area contributed by atoms with Crippen LogP contribution in [0.2, 0.25) is 0 Å². The summed E-state index contributed by atoms with van der Waals surface area (Å²) in [7, 11) is 2.11. The van der Waals surface area contributed by atoms with E-state index < -0.39 is 0 Å². The quantitative estimate of drug-likeness (QED) is 0.780. The van der Waals surface area contributed by atoms with Crippen LogP contribution >= 0.6 is 11.6 Å². The van der Waals surface area contributed by atoms with Crippen LogP contribution in [0.3, 0.4) is 0 Å². The molecule has 18 heavy (non-hydrogen) atoms. The van der Waals surface area contributed by atoms with Gasteiger partial charge < -0.3 is 9.47 Å². The van der Waals surface area contributed by atoms with Crippen molar-refractivity contribution in [3.05, 3.63) is 23.7 Å². The standard InChI is InChI=1S/C13H19ClN4/c1-4-17(3)7-8-18-12(9-14)16-11-6-5-10(2)15-13(11)18/h5-6H,4,7-9H2,1-3H3. The number of nitrogens with zero attached hydrogens (tertiary/aromatic N) is 4. The molecule has 4 nitrogen and oxygen atoms in total. The lowest BCUT2D eigenvalue weighted by Gasteiger charge is -2.15. The first-order chi connectivity index (χ1) is 8.65. The van der Waals surface area contributed by atoms with Gasteiger partial charge in [0.25, 0.3) is 0 Å².